The molecule has 0 saturated carbocycles. The first-order valence-corrected chi connectivity index (χ1v) is 11.1. The van der Waals surface area contributed by atoms with Crippen molar-refractivity contribution >= 4 is 40.4 Å². The van der Waals surface area contributed by atoms with Gasteiger partial charge in [0.25, 0.3) is 0 Å². The molecular weight excluding hydrogens is 469 g/mol. The number of halogens is 1. The molecule has 2 aromatic heterocycles. The van der Waals surface area contributed by atoms with Gasteiger partial charge in [0.05, 0.1) is 31.8 Å². The molecule has 1 amide bonds. The third kappa shape index (κ3) is 4.89. The number of ether oxygens (including phenoxy) is 2. The fourth-order valence-electron chi connectivity index (χ4n) is 3.93. The molecule has 188 valence electrons. The molecule has 2 unspecified atom stereocenters. The van der Waals surface area contributed by atoms with E-state index in [0.29, 0.717) is 28.4 Å². The molecule has 12 heteroatoms. The van der Waals surface area contributed by atoms with E-state index >= 15 is 4.39 Å². The molecule has 0 spiro atoms. The highest BCUT2D eigenvalue weighted by Gasteiger charge is 2.33. The predicted octanol–water partition coefficient (Wildman–Crippen LogP) is 1.78. The van der Waals surface area contributed by atoms with Crippen LogP contribution in [0.15, 0.2) is 36.7 Å². The first-order valence-electron chi connectivity index (χ1n) is 11.1. The summed E-state index contributed by atoms with van der Waals surface area (Å²) in [6.07, 6.45) is 3.32. The van der Waals surface area contributed by atoms with Gasteiger partial charge in [-0.1, -0.05) is 0 Å². The van der Waals surface area contributed by atoms with E-state index in [1.807, 2.05) is 0 Å². The highest BCUT2D eigenvalue weighted by Crippen LogP contribution is 2.37. The SMILES string of the molecule is CN/C=C(\C=N)c1cnc2ccc(N(CC3CC(O)C(=O)N3)c3cc(OC)cc(OC)c3F)nc2n1. The van der Waals surface area contributed by atoms with Gasteiger partial charge in [0.2, 0.25) is 5.91 Å². The van der Waals surface area contributed by atoms with E-state index in [4.69, 9.17) is 14.9 Å². The number of allylic oxidation sites excluding steroid dienone is 1. The molecule has 4 N–H and O–H groups in total. The number of aliphatic hydroxyl groups excluding tert-OH is 1. The Labute approximate surface area is 206 Å². The second-order valence-electron chi connectivity index (χ2n) is 8.03. The smallest absolute Gasteiger partial charge is 0.249 e. The van der Waals surface area contributed by atoms with Gasteiger partial charge in [-0.3, -0.25) is 9.78 Å². The van der Waals surface area contributed by atoms with E-state index in [0.717, 1.165) is 6.21 Å². The van der Waals surface area contributed by atoms with E-state index < -0.39 is 23.9 Å². The summed E-state index contributed by atoms with van der Waals surface area (Å²) in [6, 6.07) is 5.82. The van der Waals surface area contributed by atoms with Crippen molar-refractivity contribution in [2.24, 2.45) is 0 Å². The number of anilines is 2. The minimum absolute atomic E-state index is 0.0273. The van der Waals surface area contributed by atoms with Crippen LogP contribution in [0.1, 0.15) is 12.1 Å². The Morgan fingerprint density at radius 3 is 2.78 bits per heavy atom. The summed E-state index contributed by atoms with van der Waals surface area (Å²) in [4.78, 5) is 27.0. The number of hydrogen-bond donors (Lipinski definition) is 4. The molecule has 1 fully saturated rings. The molecule has 0 radical (unpaired) electrons. The number of benzene rings is 1. The van der Waals surface area contributed by atoms with E-state index in [2.05, 4.69) is 25.6 Å². The molecule has 4 rings (SSSR count). The minimum Gasteiger partial charge on any atom is -0.497 e. The van der Waals surface area contributed by atoms with Crippen molar-refractivity contribution in [1.29, 1.82) is 5.41 Å². The lowest BCUT2D eigenvalue weighted by Gasteiger charge is -2.28. The minimum atomic E-state index is -1.14. The maximum Gasteiger partial charge on any atom is 0.249 e. The lowest BCUT2D eigenvalue weighted by molar-refractivity contribution is -0.126. The molecule has 1 saturated heterocycles. The summed E-state index contributed by atoms with van der Waals surface area (Å²) in [5, 5.41) is 23.1. The van der Waals surface area contributed by atoms with E-state index in [9.17, 15) is 9.90 Å². The molecular formula is C24H26FN7O4. The molecule has 1 aromatic carbocycles. The van der Waals surface area contributed by atoms with E-state index in [1.165, 1.54) is 32.5 Å². The summed E-state index contributed by atoms with van der Waals surface area (Å²) >= 11 is 0. The second kappa shape index (κ2) is 10.5. The Bertz CT molecular complexity index is 1330. The molecule has 36 heavy (non-hydrogen) atoms. The Morgan fingerprint density at radius 2 is 2.14 bits per heavy atom. The van der Waals surface area contributed by atoms with E-state index in [1.54, 1.807) is 30.3 Å². The number of carbonyl (C=O) groups is 1. The fourth-order valence-corrected chi connectivity index (χ4v) is 3.93. The molecule has 3 heterocycles. The molecule has 0 aliphatic carbocycles. The van der Waals surface area contributed by atoms with Crippen LogP contribution >= 0.6 is 0 Å². The quantitative estimate of drug-likeness (QED) is 0.326. The van der Waals surface area contributed by atoms with Gasteiger partial charge in [-0.05, 0) is 12.1 Å². The van der Waals surface area contributed by atoms with Gasteiger partial charge in [0, 0.05) is 56.2 Å². The Hall–Kier alpha value is -4.32. The van der Waals surface area contributed by atoms with Crippen LogP contribution < -0.4 is 25.0 Å². The number of fused-ring (bicyclic) bond motifs is 1. The number of aliphatic hydroxyl groups is 1. The number of amides is 1. The number of methoxy groups -OCH3 is 2. The average Bonchev–Trinajstić information content (AvgIpc) is 3.21. The van der Waals surface area contributed by atoms with Crippen molar-refractivity contribution in [3.63, 3.8) is 0 Å². The Kier molecular flexibility index (Phi) is 7.25. The van der Waals surface area contributed by atoms with Gasteiger partial charge in [-0.25, -0.2) is 14.4 Å². The summed E-state index contributed by atoms with van der Waals surface area (Å²) in [6.45, 7) is 0.104. The van der Waals surface area contributed by atoms with Crippen molar-refractivity contribution in [2.45, 2.75) is 18.6 Å². The first-order chi connectivity index (χ1) is 17.4. The van der Waals surface area contributed by atoms with Gasteiger partial charge < -0.3 is 35.5 Å². The van der Waals surface area contributed by atoms with Gasteiger partial charge in [0.15, 0.2) is 17.2 Å². The fraction of sp³-hybridized carbons (Fsp3) is 0.292. The zero-order valence-electron chi connectivity index (χ0n) is 19.9. The Morgan fingerprint density at radius 1 is 1.33 bits per heavy atom. The lowest BCUT2D eigenvalue weighted by Crippen LogP contribution is -2.37. The molecule has 0 bridgehead atoms. The van der Waals surface area contributed by atoms with Crippen molar-refractivity contribution in [3.05, 3.63) is 48.2 Å². The monoisotopic (exact) mass is 495 g/mol. The number of hydrogen-bond acceptors (Lipinski definition) is 10. The number of carbonyl (C=O) groups excluding carboxylic acids is 1. The summed E-state index contributed by atoms with van der Waals surface area (Å²) in [7, 11) is 4.52. The van der Waals surface area contributed by atoms with Gasteiger partial charge in [0.1, 0.15) is 23.2 Å². The molecule has 1 aliphatic rings. The number of aromatic nitrogens is 3. The predicted molar refractivity (Wildman–Crippen MR) is 132 cm³/mol. The number of nitrogens with zero attached hydrogens (tertiary/aromatic N) is 4. The number of rotatable bonds is 9. The summed E-state index contributed by atoms with van der Waals surface area (Å²) in [5.41, 5.74) is 1.83. The topological polar surface area (TPSA) is 146 Å². The number of pyridine rings is 1. The van der Waals surface area contributed by atoms with Gasteiger partial charge in [-0.2, -0.15) is 0 Å². The highest BCUT2D eigenvalue weighted by molar-refractivity contribution is 6.07. The standard InChI is InChI=1S/C24H26FN7O4/c1-27-10-13(9-26)17-11-28-16-4-5-21(31-23(16)30-17)32(12-14-6-19(33)24(34)29-14)18-7-15(35-2)8-20(36-3)22(18)25/h4-5,7-11,14,19,26-27,33H,6,12H2,1-3H3,(H,29,34)/b13-10+,26-9?. The largest absolute Gasteiger partial charge is 0.497 e. The highest BCUT2D eigenvalue weighted by atomic mass is 19.1. The van der Waals surface area contributed by atoms with Crippen LogP contribution in [0.2, 0.25) is 0 Å². The van der Waals surface area contributed by atoms with Crippen LogP contribution in [0.3, 0.4) is 0 Å². The van der Waals surface area contributed by atoms with Crippen molar-refractivity contribution in [3.8, 4) is 11.5 Å². The molecule has 3 aromatic rings. The third-order valence-corrected chi connectivity index (χ3v) is 5.72. The second-order valence-corrected chi connectivity index (χ2v) is 8.03. The van der Waals surface area contributed by atoms with Gasteiger partial charge >= 0.3 is 0 Å². The van der Waals surface area contributed by atoms with Crippen molar-refractivity contribution < 1.29 is 23.8 Å². The maximum absolute atomic E-state index is 15.5. The maximum atomic E-state index is 15.5. The van der Waals surface area contributed by atoms with Crippen LogP contribution in [0.4, 0.5) is 15.9 Å². The van der Waals surface area contributed by atoms with Crippen LogP contribution in [0.5, 0.6) is 11.5 Å². The average molecular weight is 496 g/mol. The summed E-state index contributed by atoms with van der Waals surface area (Å²) in [5.74, 6) is -0.471. The lowest BCUT2D eigenvalue weighted by atomic mass is 10.1. The van der Waals surface area contributed by atoms with Crippen molar-refractivity contribution in [2.75, 3.05) is 32.7 Å². The zero-order valence-corrected chi connectivity index (χ0v) is 19.9. The van der Waals surface area contributed by atoms with Gasteiger partial charge in [-0.15, -0.1) is 0 Å². The first kappa shape index (κ1) is 24.8. The third-order valence-electron chi connectivity index (χ3n) is 5.72. The van der Waals surface area contributed by atoms with Crippen molar-refractivity contribution in [1.82, 2.24) is 25.6 Å². The zero-order chi connectivity index (χ0) is 25.8. The number of nitrogens with one attached hydrogen (secondary N) is 3. The van der Waals surface area contributed by atoms with Crippen LogP contribution in [-0.4, -0.2) is 72.1 Å². The van der Waals surface area contributed by atoms with Crippen LogP contribution in [0, 0.1) is 11.2 Å². The van der Waals surface area contributed by atoms with Crippen LogP contribution in [0.25, 0.3) is 16.7 Å². The Balaban J connectivity index is 1.84. The molecule has 1 aliphatic heterocycles. The summed E-state index contributed by atoms with van der Waals surface area (Å²) < 4.78 is 26.0. The normalized spacial score (nSPS) is 17.6. The van der Waals surface area contributed by atoms with E-state index in [-0.39, 0.29) is 30.0 Å². The molecule has 11 nitrogen and oxygen atoms in total. The van der Waals surface area contributed by atoms with Crippen LogP contribution in [-0.2, 0) is 4.79 Å². The molecule has 2 atom stereocenters.